The van der Waals surface area contributed by atoms with Crippen LogP contribution in [0, 0.1) is 0 Å². The van der Waals surface area contributed by atoms with Gasteiger partial charge < -0.3 is 9.05 Å². The highest BCUT2D eigenvalue weighted by Crippen LogP contribution is 2.63. The maximum Gasteiger partial charge on any atom is 0.399 e. The van der Waals surface area contributed by atoms with Crippen LogP contribution in [0.4, 0.5) is 8.78 Å². The van der Waals surface area contributed by atoms with Crippen LogP contribution in [0.15, 0.2) is 0 Å². The summed E-state index contributed by atoms with van der Waals surface area (Å²) in [6, 6.07) is 0. The van der Waals surface area contributed by atoms with Crippen molar-refractivity contribution in [3.8, 4) is 0 Å². The summed E-state index contributed by atoms with van der Waals surface area (Å²) in [6.07, 6.45) is 0.118. The standard InChI is InChI=1S/C9H18ClF2O3P/c1-3-14-16(13,15-4-2)9(11,12)7-5-6-8-10/h3-8H2,1-2H3. The van der Waals surface area contributed by atoms with E-state index in [-0.39, 0.29) is 19.6 Å². The van der Waals surface area contributed by atoms with Gasteiger partial charge in [-0.3, -0.25) is 4.57 Å². The Kier molecular flexibility index (Phi) is 7.73. The number of alkyl halides is 3. The van der Waals surface area contributed by atoms with E-state index in [0.29, 0.717) is 12.3 Å². The van der Waals surface area contributed by atoms with E-state index < -0.39 is 19.7 Å². The number of halogens is 3. The molecule has 0 aliphatic heterocycles. The highest BCUT2D eigenvalue weighted by molar-refractivity contribution is 7.55. The molecule has 0 atom stereocenters. The molecule has 0 aromatic rings. The molecular weight excluding hydrogens is 261 g/mol. The zero-order chi connectivity index (χ0) is 12.7. The Balaban J connectivity index is 4.54. The van der Waals surface area contributed by atoms with Crippen LogP contribution in [0.1, 0.15) is 33.1 Å². The molecule has 0 radical (unpaired) electrons. The summed E-state index contributed by atoms with van der Waals surface area (Å²) >= 11 is 5.39. The van der Waals surface area contributed by atoms with E-state index in [2.05, 4.69) is 9.05 Å². The summed E-state index contributed by atoms with van der Waals surface area (Å²) < 4.78 is 48.3. The van der Waals surface area contributed by atoms with Crippen LogP contribution in [0.5, 0.6) is 0 Å². The zero-order valence-electron chi connectivity index (χ0n) is 9.55. The lowest BCUT2D eigenvalue weighted by molar-refractivity contribution is 0.0299. The molecule has 0 heterocycles. The molecule has 0 amide bonds. The van der Waals surface area contributed by atoms with Crippen LogP contribution in [0.3, 0.4) is 0 Å². The Morgan fingerprint density at radius 2 is 1.69 bits per heavy atom. The first-order chi connectivity index (χ1) is 7.43. The third-order valence-corrected chi connectivity index (χ3v) is 4.35. The molecular formula is C9H18ClF2O3P. The smallest absolute Gasteiger partial charge is 0.305 e. The van der Waals surface area contributed by atoms with E-state index in [1.165, 1.54) is 13.8 Å². The van der Waals surface area contributed by atoms with Gasteiger partial charge >= 0.3 is 13.3 Å². The Morgan fingerprint density at radius 3 is 2.06 bits per heavy atom. The minimum absolute atomic E-state index is 0.0671. The summed E-state index contributed by atoms with van der Waals surface area (Å²) in [5, 5.41) is 0. The molecule has 0 aromatic heterocycles. The van der Waals surface area contributed by atoms with E-state index in [1.54, 1.807) is 0 Å². The zero-order valence-corrected chi connectivity index (χ0v) is 11.2. The van der Waals surface area contributed by atoms with Gasteiger partial charge in [0.1, 0.15) is 0 Å². The second kappa shape index (κ2) is 7.59. The van der Waals surface area contributed by atoms with Gasteiger partial charge in [0.2, 0.25) is 0 Å². The Hall–Kier alpha value is 0.300. The summed E-state index contributed by atoms with van der Waals surface area (Å²) in [5.41, 5.74) is -3.44. The number of rotatable bonds is 9. The number of unbranched alkanes of at least 4 members (excludes halogenated alkanes) is 1. The molecule has 7 heteroatoms. The molecule has 0 aromatic carbocycles. The number of hydrogen-bond donors (Lipinski definition) is 0. The number of hydrogen-bond acceptors (Lipinski definition) is 3. The molecule has 0 N–H and O–H groups in total. The predicted molar refractivity (Wildman–Crippen MR) is 60.4 cm³/mol. The Morgan fingerprint density at radius 1 is 1.19 bits per heavy atom. The molecule has 16 heavy (non-hydrogen) atoms. The summed E-state index contributed by atoms with van der Waals surface area (Å²) in [6.45, 7) is 2.87. The molecule has 0 aliphatic carbocycles. The highest BCUT2D eigenvalue weighted by Gasteiger charge is 2.52. The van der Waals surface area contributed by atoms with Crippen LogP contribution >= 0.6 is 19.2 Å². The van der Waals surface area contributed by atoms with Crippen molar-refractivity contribution in [2.75, 3.05) is 19.1 Å². The molecule has 0 unspecified atom stereocenters. The second-order valence-electron chi connectivity index (χ2n) is 3.14. The lowest BCUT2D eigenvalue weighted by Gasteiger charge is -2.25. The first kappa shape index (κ1) is 16.3. The molecule has 0 rings (SSSR count). The van der Waals surface area contributed by atoms with E-state index >= 15 is 0 Å². The third kappa shape index (κ3) is 4.66. The van der Waals surface area contributed by atoms with Crippen LogP contribution in [0.2, 0.25) is 0 Å². The van der Waals surface area contributed by atoms with Crippen LogP contribution < -0.4 is 0 Å². The normalized spacial score (nSPS) is 13.1. The lowest BCUT2D eigenvalue weighted by Crippen LogP contribution is -2.20. The van der Waals surface area contributed by atoms with Gasteiger partial charge in [0.05, 0.1) is 13.2 Å². The summed E-state index contributed by atoms with van der Waals surface area (Å²) in [5.74, 6) is 0.309. The van der Waals surface area contributed by atoms with Gasteiger partial charge in [0.15, 0.2) is 0 Å². The average Bonchev–Trinajstić information content (AvgIpc) is 2.18. The lowest BCUT2D eigenvalue weighted by atomic mass is 10.2. The van der Waals surface area contributed by atoms with E-state index in [9.17, 15) is 13.3 Å². The van der Waals surface area contributed by atoms with Crippen LogP contribution in [0.25, 0.3) is 0 Å². The molecule has 3 nitrogen and oxygen atoms in total. The minimum Gasteiger partial charge on any atom is -0.305 e. The first-order valence-corrected chi connectivity index (χ1v) is 7.34. The van der Waals surface area contributed by atoms with Gasteiger partial charge in [0.25, 0.3) is 0 Å². The van der Waals surface area contributed by atoms with Gasteiger partial charge in [-0.1, -0.05) is 0 Å². The maximum atomic E-state index is 13.6. The van der Waals surface area contributed by atoms with Gasteiger partial charge in [-0.2, -0.15) is 8.78 Å². The SMILES string of the molecule is CCOP(=O)(OCC)C(F)(F)CCCCCl. The predicted octanol–water partition coefficient (Wildman–Crippen LogP) is 4.25. The van der Waals surface area contributed by atoms with Crippen molar-refractivity contribution in [2.45, 2.75) is 38.8 Å². The highest BCUT2D eigenvalue weighted by atomic mass is 35.5. The topological polar surface area (TPSA) is 35.5 Å². The first-order valence-electron chi connectivity index (χ1n) is 5.26. The monoisotopic (exact) mass is 278 g/mol. The molecule has 98 valence electrons. The quantitative estimate of drug-likeness (QED) is 0.359. The molecule has 0 aliphatic rings. The van der Waals surface area contributed by atoms with E-state index in [4.69, 9.17) is 11.6 Å². The third-order valence-electron chi connectivity index (χ3n) is 1.86. The molecule has 0 fully saturated rings. The summed E-state index contributed by atoms with van der Waals surface area (Å²) in [7, 11) is -4.34. The van der Waals surface area contributed by atoms with Gasteiger partial charge in [-0.05, 0) is 26.7 Å². The maximum absolute atomic E-state index is 13.6. The van der Waals surface area contributed by atoms with Gasteiger partial charge in [0, 0.05) is 12.3 Å². The molecule has 0 saturated carbocycles. The van der Waals surface area contributed by atoms with E-state index in [0.717, 1.165) is 0 Å². The van der Waals surface area contributed by atoms with Crippen molar-refractivity contribution in [1.82, 2.24) is 0 Å². The fourth-order valence-corrected chi connectivity index (χ4v) is 2.89. The fourth-order valence-electron chi connectivity index (χ4n) is 1.14. The second-order valence-corrected chi connectivity index (χ2v) is 5.69. The Bertz CT molecular complexity index is 229. The van der Waals surface area contributed by atoms with Gasteiger partial charge in [-0.15, -0.1) is 11.6 Å². The average molecular weight is 279 g/mol. The van der Waals surface area contributed by atoms with Crippen molar-refractivity contribution in [3.63, 3.8) is 0 Å². The van der Waals surface area contributed by atoms with Gasteiger partial charge in [-0.25, -0.2) is 0 Å². The van der Waals surface area contributed by atoms with Crippen molar-refractivity contribution in [2.24, 2.45) is 0 Å². The van der Waals surface area contributed by atoms with Crippen LogP contribution in [-0.2, 0) is 13.6 Å². The van der Waals surface area contributed by atoms with Crippen molar-refractivity contribution in [3.05, 3.63) is 0 Å². The Labute approximate surface area is 100.0 Å². The van der Waals surface area contributed by atoms with Crippen LogP contribution in [-0.4, -0.2) is 24.8 Å². The molecule has 0 saturated heterocycles. The van der Waals surface area contributed by atoms with Crippen molar-refractivity contribution in [1.29, 1.82) is 0 Å². The summed E-state index contributed by atoms with van der Waals surface area (Å²) in [4.78, 5) is 0. The van der Waals surface area contributed by atoms with Crippen molar-refractivity contribution < 1.29 is 22.4 Å². The van der Waals surface area contributed by atoms with Crippen molar-refractivity contribution >= 4 is 19.2 Å². The largest absolute Gasteiger partial charge is 0.399 e. The molecule has 0 bridgehead atoms. The minimum atomic E-state index is -4.34. The fraction of sp³-hybridized carbons (Fsp3) is 1.00. The van der Waals surface area contributed by atoms with E-state index in [1.807, 2.05) is 0 Å². The molecule has 0 spiro atoms.